The molecule has 0 saturated carbocycles. The van der Waals surface area contributed by atoms with Crippen molar-refractivity contribution in [3.63, 3.8) is 0 Å². The van der Waals surface area contributed by atoms with Gasteiger partial charge in [0.1, 0.15) is 5.52 Å². The first kappa shape index (κ1) is 15.7. The second-order valence-corrected chi connectivity index (χ2v) is 5.91. The fourth-order valence-electron chi connectivity index (χ4n) is 1.58. The zero-order chi connectivity index (χ0) is 15.4. The summed E-state index contributed by atoms with van der Waals surface area (Å²) in [6, 6.07) is 3.53. The van der Waals surface area contributed by atoms with Crippen molar-refractivity contribution in [3.05, 3.63) is 17.2 Å². The lowest BCUT2D eigenvalue weighted by Crippen LogP contribution is -2.09. The minimum Gasteiger partial charge on any atom is -0.325 e. The number of hydrazone groups is 1. The third-order valence-corrected chi connectivity index (χ3v) is 4.24. The van der Waals surface area contributed by atoms with Crippen molar-refractivity contribution in [2.75, 3.05) is 10.7 Å². The van der Waals surface area contributed by atoms with E-state index in [0.29, 0.717) is 22.1 Å². The first-order chi connectivity index (χ1) is 10.0. The Labute approximate surface area is 132 Å². The van der Waals surface area contributed by atoms with Gasteiger partial charge in [0.15, 0.2) is 0 Å². The number of nitrogens with one attached hydrogen (secondary N) is 2. The molecule has 2 rings (SSSR count). The average molecular weight is 325 g/mol. The number of hydrogen-bond acceptors (Lipinski definition) is 5. The van der Waals surface area contributed by atoms with Gasteiger partial charge < -0.3 is 5.32 Å². The van der Waals surface area contributed by atoms with Crippen molar-refractivity contribution < 1.29 is 4.79 Å². The summed E-state index contributed by atoms with van der Waals surface area (Å²) in [7, 11) is 0. The van der Waals surface area contributed by atoms with E-state index in [9.17, 15) is 4.79 Å². The van der Waals surface area contributed by atoms with Gasteiger partial charge in [-0.3, -0.25) is 10.2 Å². The van der Waals surface area contributed by atoms with Crippen molar-refractivity contribution in [2.24, 2.45) is 5.10 Å². The summed E-state index contributed by atoms with van der Waals surface area (Å²) in [5, 5.41) is 8.30. The molecule has 0 aliphatic rings. The Hall–Kier alpha value is -1.66. The van der Waals surface area contributed by atoms with E-state index in [1.807, 2.05) is 20.8 Å². The summed E-state index contributed by atoms with van der Waals surface area (Å²) in [6.45, 7) is 5.79. The number of halogens is 1. The predicted octanol–water partition coefficient (Wildman–Crippen LogP) is 4.50. The molecule has 0 saturated heterocycles. The second-order valence-electron chi connectivity index (χ2n) is 4.51. The van der Waals surface area contributed by atoms with Gasteiger partial charge >= 0.3 is 0 Å². The summed E-state index contributed by atoms with van der Waals surface area (Å²) >= 11 is 7.59. The maximum Gasteiger partial charge on any atom is 0.224 e. The number of carbonyl (C=O) groups excluding carboxylic acids is 1. The largest absolute Gasteiger partial charge is 0.325 e. The van der Waals surface area contributed by atoms with Gasteiger partial charge in [-0.2, -0.15) is 5.10 Å². The van der Waals surface area contributed by atoms with Crippen LogP contribution in [-0.4, -0.2) is 16.6 Å². The van der Waals surface area contributed by atoms with Gasteiger partial charge in [-0.15, -0.1) is 0 Å². The third-order valence-electron chi connectivity index (χ3n) is 2.94. The van der Waals surface area contributed by atoms with Crippen molar-refractivity contribution in [2.45, 2.75) is 33.6 Å². The van der Waals surface area contributed by atoms with Gasteiger partial charge in [-0.1, -0.05) is 36.8 Å². The number of amides is 1. The minimum atomic E-state index is -0.0404. The topological polar surface area (TPSA) is 66.4 Å². The van der Waals surface area contributed by atoms with Crippen LogP contribution in [0, 0.1) is 0 Å². The zero-order valence-corrected chi connectivity index (χ0v) is 13.7. The van der Waals surface area contributed by atoms with Crippen LogP contribution < -0.4 is 10.7 Å². The molecule has 1 aromatic carbocycles. The molecule has 0 spiro atoms. The highest BCUT2D eigenvalue weighted by molar-refractivity contribution is 7.22. The van der Waals surface area contributed by atoms with E-state index in [1.54, 1.807) is 12.1 Å². The van der Waals surface area contributed by atoms with Crippen LogP contribution in [0.25, 0.3) is 10.2 Å². The molecular weight excluding hydrogens is 308 g/mol. The van der Waals surface area contributed by atoms with E-state index in [0.717, 1.165) is 22.5 Å². The molecule has 112 valence electrons. The number of aromatic nitrogens is 1. The van der Waals surface area contributed by atoms with Crippen LogP contribution >= 0.6 is 22.9 Å². The third kappa shape index (κ3) is 3.71. The van der Waals surface area contributed by atoms with Gasteiger partial charge in [0, 0.05) is 12.1 Å². The molecule has 0 fully saturated rings. The first-order valence-electron chi connectivity index (χ1n) is 6.73. The number of anilines is 2. The van der Waals surface area contributed by atoms with Gasteiger partial charge in [0.05, 0.1) is 15.4 Å². The van der Waals surface area contributed by atoms with Crippen molar-refractivity contribution in [1.82, 2.24) is 4.98 Å². The molecule has 0 aliphatic heterocycles. The van der Waals surface area contributed by atoms with Gasteiger partial charge in [0.2, 0.25) is 11.0 Å². The Bertz CT molecular complexity index is 696. The predicted molar refractivity (Wildman–Crippen MR) is 90.6 cm³/mol. The number of rotatable bonds is 5. The van der Waals surface area contributed by atoms with Crippen molar-refractivity contribution in [3.8, 4) is 0 Å². The van der Waals surface area contributed by atoms with Crippen LogP contribution in [0.2, 0.25) is 5.02 Å². The summed E-state index contributed by atoms with van der Waals surface area (Å²) < 4.78 is 0.844. The SMILES string of the molecule is CCC(=O)Nc1ccc(Cl)c2nc(N/N=C(/C)CC)sc12. The normalized spacial score (nSPS) is 11.7. The summed E-state index contributed by atoms with van der Waals surface area (Å²) in [5.41, 5.74) is 5.31. The molecule has 2 aromatic rings. The maximum absolute atomic E-state index is 11.6. The Morgan fingerprint density at radius 2 is 2.14 bits per heavy atom. The van der Waals surface area contributed by atoms with E-state index in [4.69, 9.17) is 11.6 Å². The number of benzene rings is 1. The van der Waals surface area contributed by atoms with Gasteiger partial charge in [-0.05, 0) is 25.5 Å². The monoisotopic (exact) mass is 324 g/mol. The molecule has 7 heteroatoms. The maximum atomic E-state index is 11.6. The highest BCUT2D eigenvalue weighted by atomic mass is 35.5. The van der Waals surface area contributed by atoms with E-state index in [1.165, 1.54) is 11.3 Å². The Morgan fingerprint density at radius 3 is 2.81 bits per heavy atom. The van der Waals surface area contributed by atoms with E-state index < -0.39 is 0 Å². The first-order valence-corrected chi connectivity index (χ1v) is 7.92. The lowest BCUT2D eigenvalue weighted by atomic mass is 10.3. The molecule has 1 heterocycles. The molecule has 2 N–H and O–H groups in total. The molecule has 21 heavy (non-hydrogen) atoms. The van der Waals surface area contributed by atoms with Crippen LogP contribution in [-0.2, 0) is 4.79 Å². The van der Waals surface area contributed by atoms with Crippen LogP contribution in [0.3, 0.4) is 0 Å². The summed E-state index contributed by atoms with van der Waals surface area (Å²) in [5.74, 6) is -0.0404. The highest BCUT2D eigenvalue weighted by Crippen LogP contribution is 2.36. The van der Waals surface area contributed by atoms with Gasteiger partial charge in [0.25, 0.3) is 0 Å². The van der Waals surface area contributed by atoms with E-state index >= 15 is 0 Å². The number of thiazole rings is 1. The summed E-state index contributed by atoms with van der Waals surface area (Å²) in [4.78, 5) is 16.0. The average Bonchev–Trinajstić information content (AvgIpc) is 2.92. The summed E-state index contributed by atoms with van der Waals surface area (Å²) in [6.07, 6.45) is 1.30. The molecule has 0 unspecified atom stereocenters. The molecule has 1 amide bonds. The van der Waals surface area contributed by atoms with Gasteiger partial charge in [-0.25, -0.2) is 4.98 Å². The molecular formula is C14H17ClN4OS. The molecule has 1 aromatic heterocycles. The fourth-order valence-corrected chi connectivity index (χ4v) is 2.74. The lowest BCUT2D eigenvalue weighted by Gasteiger charge is -2.04. The van der Waals surface area contributed by atoms with Crippen LogP contribution in [0.5, 0.6) is 0 Å². The van der Waals surface area contributed by atoms with E-state index in [2.05, 4.69) is 20.8 Å². The van der Waals surface area contributed by atoms with E-state index in [-0.39, 0.29) is 5.91 Å². The lowest BCUT2D eigenvalue weighted by molar-refractivity contribution is -0.115. The van der Waals surface area contributed by atoms with Crippen LogP contribution in [0.15, 0.2) is 17.2 Å². The smallest absolute Gasteiger partial charge is 0.224 e. The van der Waals surface area contributed by atoms with Crippen LogP contribution in [0.4, 0.5) is 10.8 Å². The second kappa shape index (κ2) is 6.87. The number of carbonyl (C=O) groups is 1. The molecule has 0 bridgehead atoms. The number of nitrogens with zero attached hydrogens (tertiary/aromatic N) is 2. The fraction of sp³-hybridized carbons (Fsp3) is 0.357. The van der Waals surface area contributed by atoms with Crippen LogP contribution in [0.1, 0.15) is 33.6 Å². The molecule has 0 atom stereocenters. The quantitative estimate of drug-likeness (QED) is 0.628. The van der Waals surface area contributed by atoms with Crippen molar-refractivity contribution in [1.29, 1.82) is 0 Å². The molecule has 5 nitrogen and oxygen atoms in total. The Balaban J connectivity index is 2.38. The number of hydrogen-bond donors (Lipinski definition) is 2. The Kier molecular flexibility index (Phi) is 5.14. The number of fused-ring (bicyclic) bond motifs is 1. The molecule has 0 aliphatic carbocycles. The standard InChI is InChI=1S/C14H17ClN4OS/c1-4-8(3)18-19-14-17-12-9(15)6-7-10(13(12)21-14)16-11(20)5-2/h6-7H,4-5H2,1-3H3,(H,16,20)(H,17,19)/b18-8-. The minimum absolute atomic E-state index is 0.0404. The zero-order valence-electron chi connectivity index (χ0n) is 12.2. The Morgan fingerprint density at radius 1 is 1.38 bits per heavy atom. The molecule has 0 radical (unpaired) electrons. The highest BCUT2D eigenvalue weighted by Gasteiger charge is 2.12. The van der Waals surface area contributed by atoms with Crippen molar-refractivity contribution >= 4 is 55.6 Å².